The molecule has 0 aliphatic carbocycles. The predicted molar refractivity (Wildman–Crippen MR) is 66.4 cm³/mol. The first-order valence-corrected chi connectivity index (χ1v) is 5.72. The summed E-state index contributed by atoms with van der Waals surface area (Å²) in [6, 6.07) is 2.41. The van der Waals surface area contributed by atoms with Gasteiger partial charge in [0, 0.05) is 0 Å². The Labute approximate surface area is 114 Å². The molecular formula is C12H14BF3O4. The minimum Gasteiger partial charge on any atom is -0.456 e. The lowest BCUT2D eigenvalue weighted by Crippen LogP contribution is -2.32. The maximum Gasteiger partial charge on any atom is 0.488 e. The van der Waals surface area contributed by atoms with Crippen LogP contribution in [0.3, 0.4) is 0 Å². The van der Waals surface area contributed by atoms with Crippen molar-refractivity contribution in [2.24, 2.45) is 0 Å². The number of hydrogen-bond donors (Lipinski definition) is 2. The van der Waals surface area contributed by atoms with Gasteiger partial charge in [-0.25, -0.2) is 4.79 Å². The Bertz CT molecular complexity index is 506. The molecule has 110 valence electrons. The number of halogens is 3. The van der Waals surface area contributed by atoms with E-state index >= 15 is 0 Å². The minimum absolute atomic E-state index is 0.357. The fourth-order valence-electron chi connectivity index (χ4n) is 1.47. The lowest BCUT2D eigenvalue weighted by molar-refractivity contribution is -0.138. The van der Waals surface area contributed by atoms with Gasteiger partial charge in [-0.15, -0.1) is 0 Å². The van der Waals surface area contributed by atoms with E-state index in [1.807, 2.05) is 0 Å². The zero-order valence-electron chi connectivity index (χ0n) is 11.2. The van der Waals surface area contributed by atoms with Gasteiger partial charge >= 0.3 is 19.3 Å². The van der Waals surface area contributed by atoms with Gasteiger partial charge in [0.15, 0.2) is 0 Å². The number of carbonyl (C=O) groups excluding carboxylic acids is 1. The number of alkyl halides is 3. The maximum atomic E-state index is 12.9. The van der Waals surface area contributed by atoms with Gasteiger partial charge in [0.1, 0.15) is 5.60 Å². The molecule has 0 heterocycles. The third-order valence-corrected chi connectivity index (χ3v) is 2.27. The van der Waals surface area contributed by atoms with Crippen LogP contribution in [0.15, 0.2) is 18.2 Å². The summed E-state index contributed by atoms with van der Waals surface area (Å²) in [5, 5.41) is 17.8. The number of carbonyl (C=O) groups is 1. The maximum absolute atomic E-state index is 12.9. The molecular weight excluding hydrogens is 276 g/mol. The highest BCUT2D eigenvalue weighted by Gasteiger charge is 2.37. The summed E-state index contributed by atoms with van der Waals surface area (Å²) < 4.78 is 43.6. The highest BCUT2D eigenvalue weighted by molar-refractivity contribution is 6.58. The van der Waals surface area contributed by atoms with E-state index in [1.165, 1.54) is 20.8 Å². The van der Waals surface area contributed by atoms with Gasteiger partial charge < -0.3 is 14.8 Å². The van der Waals surface area contributed by atoms with E-state index in [0.717, 1.165) is 12.1 Å². The average Bonchev–Trinajstić information content (AvgIpc) is 2.24. The third-order valence-electron chi connectivity index (χ3n) is 2.27. The van der Waals surface area contributed by atoms with Gasteiger partial charge in [-0.2, -0.15) is 13.2 Å². The number of ether oxygens (including phenoxy) is 1. The second-order valence-electron chi connectivity index (χ2n) is 5.18. The smallest absolute Gasteiger partial charge is 0.456 e. The Morgan fingerprint density at radius 2 is 1.75 bits per heavy atom. The van der Waals surface area contributed by atoms with Crippen molar-refractivity contribution < 1.29 is 32.8 Å². The summed E-state index contributed by atoms with van der Waals surface area (Å²) in [6.07, 6.45) is -4.81. The molecule has 0 aliphatic rings. The van der Waals surface area contributed by atoms with Crippen LogP contribution in [0, 0.1) is 0 Å². The van der Waals surface area contributed by atoms with Crippen molar-refractivity contribution in [2.45, 2.75) is 32.5 Å². The van der Waals surface area contributed by atoms with Crippen molar-refractivity contribution in [3.05, 3.63) is 29.3 Å². The van der Waals surface area contributed by atoms with Crippen LogP contribution in [0.2, 0.25) is 0 Å². The summed E-state index contributed by atoms with van der Waals surface area (Å²) in [5.41, 5.74) is -3.23. The molecule has 0 unspecified atom stereocenters. The highest BCUT2D eigenvalue weighted by Crippen LogP contribution is 2.32. The SMILES string of the molecule is CC(C)(C)OC(=O)c1ccc(B(O)O)cc1C(F)(F)F. The second-order valence-corrected chi connectivity index (χ2v) is 5.18. The first-order valence-electron chi connectivity index (χ1n) is 5.72. The molecule has 0 fully saturated rings. The van der Waals surface area contributed by atoms with Gasteiger partial charge in [0.2, 0.25) is 0 Å². The van der Waals surface area contributed by atoms with E-state index in [0.29, 0.717) is 6.07 Å². The van der Waals surface area contributed by atoms with E-state index in [4.69, 9.17) is 14.8 Å². The molecule has 0 saturated heterocycles. The standard InChI is InChI=1S/C12H14BF3O4/c1-11(2,3)20-10(17)8-5-4-7(13(18)19)6-9(8)12(14,15)16/h4-6,18-19H,1-3H3. The second kappa shape index (κ2) is 5.45. The van der Waals surface area contributed by atoms with E-state index in [2.05, 4.69) is 0 Å². The predicted octanol–water partition coefficient (Wildman–Crippen LogP) is 1.34. The van der Waals surface area contributed by atoms with Crippen molar-refractivity contribution in [2.75, 3.05) is 0 Å². The molecule has 4 nitrogen and oxygen atoms in total. The number of rotatable bonds is 2. The van der Waals surface area contributed by atoms with Crippen LogP contribution in [0.25, 0.3) is 0 Å². The number of hydrogen-bond acceptors (Lipinski definition) is 4. The van der Waals surface area contributed by atoms with Crippen LogP contribution in [0.4, 0.5) is 13.2 Å². The minimum atomic E-state index is -4.81. The van der Waals surface area contributed by atoms with Gasteiger partial charge in [0.25, 0.3) is 0 Å². The summed E-state index contributed by atoms with van der Waals surface area (Å²) in [7, 11) is -2.05. The van der Waals surface area contributed by atoms with Crippen LogP contribution in [-0.2, 0) is 10.9 Å². The molecule has 1 rings (SSSR count). The molecule has 0 amide bonds. The first-order chi connectivity index (χ1) is 8.92. The quantitative estimate of drug-likeness (QED) is 0.637. The van der Waals surface area contributed by atoms with Crippen LogP contribution >= 0.6 is 0 Å². The number of benzene rings is 1. The molecule has 0 atom stereocenters. The van der Waals surface area contributed by atoms with E-state index in [1.54, 1.807) is 0 Å². The lowest BCUT2D eigenvalue weighted by Gasteiger charge is -2.21. The Hall–Kier alpha value is -1.54. The van der Waals surface area contributed by atoms with Gasteiger partial charge in [0.05, 0.1) is 11.1 Å². The summed E-state index contributed by atoms with van der Waals surface area (Å²) in [5.74, 6) is -1.12. The molecule has 0 bridgehead atoms. The largest absolute Gasteiger partial charge is 0.488 e. The summed E-state index contributed by atoms with van der Waals surface area (Å²) in [6.45, 7) is 4.60. The molecule has 2 N–H and O–H groups in total. The molecule has 8 heteroatoms. The molecule has 1 aromatic rings. The summed E-state index contributed by atoms with van der Waals surface area (Å²) >= 11 is 0. The molecule has 20 heavy (non-hydrogen) atoms. The molecule has 0 spiro atoms. The molecule has 1 aromatic carbocycles. The lowest BCUT2D eigenvalue weighted by atomic mass is 9.79. The molecule has 0 radical (unpaired) electrons. The molecule has 0 saturated carbocycles. The van der Waals surface area contributed by atoms with Crippen LogP contribution in [0.1, 0.15) is 36.7 Å². The van der Waals surface area contributed by atoms with Crippen LogP contribution in [-0.4, -0.2) is 28.7 Å². The van der Waals surface area contributed by atoms with Gasteiger partial charge in [-0.3, -0.25) is 0 Å². The highest BCUT2D eigenvalue weighted by atomic mass is 19.4. The van der Waals surface area contributed by atoms with Crippen LogP contribution in [0.5, 0.6) is 0 Å². The Morgan fingerprint density at radius 1 is 1.20 bits per heavy atom. The van der Waals surface area contributed by atoms with Crippen molar-refractivity contribution in [1.82, 2.24) is 0 Å². The van der Waals surface area contributed by atoms with E-state index in [-0.39, 0.29) is 5.46 Å². The fourth-order valence-corrected chi connectivity index (χ4v) is 1.47. The monoisotopic (exact) mass is 290 g/mol. The fraction of sp³-hybridized carbons (Fsp3) is 0.417. The molecule has 0 aromatic heterocycles. The van der Waals surface area contributed by atoms with Crippen molar-refractivity contribution >= 4 is 18.6 Å². The van der Waals surface area contributed by atoms with Crippen molar-refractivity contribution in [3.8, 4) is 0 Å². The normalized spacial score (nSPS) is 12.2. The average molecular weight is 290 g/mol. The molecule has 0 aliphatic heterocycles. The summed E-state index contributed by atoms with van der Waals surface area (Å²) in [4.78, 5) is 11.8. The van der Waals surface area contributed by atoms with E-state index in [9.17, 15) is 18.0 Å². The third kappa shape index (κ3) is 4.24. The van der Waals surface area contributed by atoms with Crippen molar-refractivity contribution in [1.29, 1.82) is 0 Å². The van der Waals surface area contributed by atoms with Gasteiger partial charge in [-0.05, 0) is 38.4 Å². The Morgan fingerprint density at radius 3 is 2.15 bits per heavy atom. The topological polar surface area (TPSA) is 66.8 Å². The Kier molecular flexibility index (Phi) is 4.50. The Balaban J connectivity index is 3.29. The number of esters is 1. The zero-order valence-corrected chi connectivity index (χ0v) is 11.2. The zero-order chi connectivity index (χ0) is 15.7. The van der Waals surface area contributed by atoms with Crippen molar-refractivity contribution in [3.63, 3.8) is 0 Å². The first kappa shape index (κ1) is 16.5. The van der Waals surface area contributed by atoms with Crippen LogP contribution < -0.4 is 5.46 Å². The van der Waals surface area contributed by atoms with Gasteiger partial charge in [-0.1, -0.05) is 6.07 Å². The van der Waals surface area contributed by atoms with E-state index < -0.39 is 36.0 Å².